The van der Waals surface area contributed by atoms with Crippen molar-refractivity contribution in [3.05, 3.63) is 28.8 Å². The number of likely N-dealkylation sites (N-methyl/N-ethyl adjacent to an activating group) is 1. The zero-order chi connectivity index (χ0) is 15.8. The van der Waals surface area contributed by atoms with Crippen molar-refractivity contribution in [2.24, 2.45) is 0 Å². The molecule has 25 heavy (non-hydrogen) atoms. The van der Waals surface area contributed by atoms with E-state index in [2.05, 4.69) is 42.0 Å². The second kappa shape index (κ2) is 8.63. The minimum Gasteiger partial charge on any atom is -0.454 e. The van der Waals surface area contributed by atoms with Gasteiger partial charge in [-0.15, -0.1) is 24.8 Å². The van der Waals surface area contributed by atoms with Gasteiger partial charge in [0, 0.05) is 26.2 Å². The zero-order valence-corrected chi connectivity index (χ0v) is 16.6. The van der Waals surface area contributed by atoms with Crippen molar-refractivity contribution < 1.29 is 9.47 Å². The highest BCUT2D eigenvalue weighted by atomic mass is 35.5. The maximum absolute atomic E-state index is 5.62. The Bertz CT molecular complexity index is 628. The zero-order valence-electron chi connectivity index (χ0n) is 15.0. The van der Waals surface area contributed by atoms with E-state index in [0.717, 1.165) is 37.7 Å². The topological polar surface area (TPSA) is 24.9 Å². The highest BCUT2D eigenvalue weighted by Gasteiger charge is 2.33. The molecule has 4 rings (SSSR count). The van der Waals surface area contributed by atoms with Gasteiger partial charge in [0.05, 0.1) is 6.04 Å². The lowest BCUT2D eigenvalue weighted by Crippen LogP contribution is -2.46. The fourth-order valence-electron chi connectivity index (χ4n) is 3.91. The van der Waals surface area contributed by atoms with E-state index < -0.39 is 0 Å². The standard InChI is InChI=1S/C19H26N2O2.2ClH/c1-3-4-5-14-10-15-11-17-18(23-13-22-17)12-16(15)19(14)21-8-6-20(2)7-9-21;;/h10-12,19H,3-9,13H2,1-2H3;2*1H. The van der Waals surface area contributed by atoms with Crippen molar-refractivity contribution in [1.82, 2.24) is 9.80 Å². The molecule has 1 saturated heterocycles. The summed E-state index contributed by atoms with van der Waals surface area (Å²) in [6.45, 7) is 7.19. The molecule has 0 radical (unpaired) electrons. The van der Waals surface area contributed by atoms with Crippen molar-refractivity contribution in [3.8, 4) is 11.5 Å². The van der Waals surface area contributed by atoms with Gasteiger partial charge in [-0.2, -0.15) is 0 Å². The summed E-state index contributed by atoms with van der Waals surface area (Å²) in [7, 11) is 2.21. The van der Waals surface area contributed by atoms with Crippen LogP contribution in [0, 0.1) is 0 Å². The van der Waals surface area contributed by atoms with E-state index in [-0.39, 0.29) is 24.8 Å². The molecule has 0 bridgehead atoms. The van der Waals surface area contributed by atoms with Crippen LogP contribution in [0.5, 0.6) is 11.5 Å². The first kappa shape index (κ1) is 20.4. The smallest absolute Gasteiger partial charge is 0.231 e. The van der Waals surface area contributed by atoms with Gasteiger partial charge in [0.25, 0.3) is 0 Å². The number of fused-ring (bicyclic) bond motifs is 2. The normalized spacial score (nSPS) is 22.0. The summed E-state index contributed by atoms with van der Waals surface area (Å²) in [6.07, 6.45) is 6.09. The van der Waals surface area contributed by atoms with Crippen LogP contribution in [0.25, 0.3) is 6.08 Å². The monoisotopic (exact) mass is 386 g/mol. The first-order valence-corrected chi connectivity index (χ1v) is 8.83. The van der Waals surface area contributed by atoms with Crippen molar-refractivity contribution in [3.63, 3.8) is 0 Å². The quantitative estimate of drug-likeness (QED) is 0.776. The van der Waals surface area contributed by atoms with Crippen LogP contribution < -0.4 is 9.47 Å². The third kappa shape index (κ3) is 3.92. The van der Waals surface area contributed by atoms with E-state index in [4.69, 9.17) is 9.47 Å². The Morgan fingerprint density at radius 1 is 1.04 bits per heavy atom. The minimum atomic E-state index is 0. The summed E-state index contributed by atoms with van der Waals surface area (Å²) >= 11 is 0. The fourth-order valence-corrected chi connectivity index (χ4v) is 3.91. The van der Waals surface area contributed by atoms with Crippen LogP contribution >= 0.6 is 24.8 Å². The van der Waals surface area contributed by atoms with Crippen LogP contribution in [0.1, 0.15) is 43.4 Å². The molecule has 0 spiro atoms. The van der Waals surface area contributed by atoms with Crippen LogP contribution in [0.4, 0.5) is 0 Å². The summed E-state index contributed by atoms with van der Waals surface area (Å²) in [5.74, 6) is 1.81. The third-order valence-corrected chi connectivity index (χ3v) is 5.29. The molecule has 0 N–H and O–H groups in total. The second-order valence-corrected chi connectivity index (χ2v) is 6.90. The van der Waals surface area contributed by atoms with Crippen molar-refractivity contribution >= 4 is 30.9 Å². The molecule has 0 amide bonds. The maximum Gasteiger partial charge on any atom is 0.231 e. The lowest BCUT2D eigenvalue weighted by Gasteiger charge is -2.38. The lowest BCUT2D eigenvalue weighted by atomic mass is 9.97. The second-order valence-electron chi connectivity index (χ2n) is 6.90. The van der Waals surface area contributed by atoms with Gasteiger partial charge in [0.1, 0.15) is 0 Å². The molecule has 2 heterocycles. The van der Waals surface area contributed by atoms with E-state index in [1.165, 1.54) is 30.4 Å². The Morgan fingerprint density at radius 3 is 2.40 bits per heavy atom. The molecule has 1 unspecified atom stereocenters. The van der Waals surface area contributed by atoms with E-state index in [0.29, 0.717) is 12.8 Å². The fraction of sp³-hybridized carbons (Fsp3) is 0.579. The van der Waals surface area contributed by atoms with Crippen LogP contribution in [0.2, 0.25) is 0 Å². The molecular formula is C19H28Cl2N2O2. The molecule has 0 saturated carbocycles. The molecule has 2 aliphatic heterocycles. The number of hydrogen-bond acceptors (Lipinski definition) is 4. The summed E-state index contributed by atoms with van der Waals surface area (Å²) < 4.78 is 11.2. The van der Waals surface area contributed by atoms with Crippen LogP contribution in [0.3, 0.4) is 0 Å². The summed E-state index contributed by atoms with van der Waals surface area (Å²) in [4.78, 5) is 5.07. The molecule has 3 aliphatic rings. The number of benzene rings is 1. The Kier molecular flexibility index (Phi) is 7.03. The predicted octanol–water partition coefficient (Wildman–Crippen LogP) is 4.13. The van der Waals surface area contributed by atoms with E-state index >= 15 is 0 Å². The number of unbranched alkanes of at least 4 members (excludes halogenated alkanes) is 1. The van der Waals surface area contributed by atoms with Crippen molar-refractivity contribution in [2.45, 2.75) is 32.2 Å². The molecule has 1 aromatic rings. The van der Waals surface area contributed by atoms with Gasteiger partial charge in [-0.05, 0) is 48.7 Å². The third-order valence-electron chi connectivity index (χ3n) is 5.29. The van der Waals surface area contributed by atoms with Crippen LogP contribution in [0.15, 0.2) is 17.7 Å². The van der Waals surface area contributed by atoms with Gasteiger partial charge >= 0.3 is 0 Å². The average Bonchev–Trinajstić information content (AvgIpc) is 3.14. The van der Waals surface area contributed by atoms with E-state index in [1.807, 2.05) is 0 Å². The molecule has 6 heteroatoms. The number of halogens is 2. The molecular weight excluding hydrogens is 359 g/mol. The average molecular weight is 387 g/mol. The van der Waals surface area contributed by atoms with Crippen molar-refractivity contribution in [1.29, 1.82) is 0 Å². The van der Waals surface area contributed by atoms with E-state index in [1.54, 1.807) is 5.57 Å². The largest absolute Gasteiger partial charge is 0.454 e. The maximum atomic E-state index is 5.62. The predicted molar refractivity (Wildman–Crippen MR) is 106 cm³/mol. The summed E-state index contributed by atoms with van der Waals surface area (Å²) in [5.41, 5.74) is 4.30. The number of rotatable bonds is 4. The highest BCUT2D eigenvalue weighted by Crippen LogP contribution is 2.46. The van der Waals surface area contributed by atoms with Gasteiger partial charge in [-0.1, -0.05) is 19.4 Å². The van der Waals surface area contributed by atoms with Crippen LogP contribution in [-0.4, -0.2) is 49.8 Å². The molecule has 4 nitrogen and oxygen atoms in total. The van der Waals surface area contributed by atoms with Crippen molar-refractivity contribution in [2.75, 3.05) is 40.0 Å². The molecule has 1 atom stereocenters. The Labute approximate surface area is 163 Å². The number of piperazine rings is 1. The van der Waals surface area contributed by atoms with Gasteiger partial charge < -0.3 is 14.4 Å². The lowest BCUT2D eigenvalue weighted by molar-refractivity contribution is 0.125. The Balaban J connectivity index is 0.00000113. The van der Waals surface area contributed by atoms with Gasteiger partial charge in [-0.25, -0.2) is 0 Å². The first-order chi connectivity index (χ1) is 11.3. The Hall–Kier alpha value is -0.940. The minimum absolute atomic E-state index is 0. The number of nitrogens with zero attached hydrogens (tertiary/aromatic N) is 2. The van der Waals surface area contributed by atoms with Crippen LogP contribution in [-0.2, 0) is 0 Å². The molecule has 140 valence electrons. The van der Waals surface area contributed by atoms with Gasteiger partial charge in [-0.3, -0.25) is 4.90 Å². The summed E-state index contributed by atoms with van der Waals surface area (Å²) in [5, 5.41) is 0. The number of hydrogen-bond donors (Lipinski definition) is 0. The summed E-state index contributed by atoms with van der Waals surface area (Å²) in [6, 6.07) is 4.82. The SMILES string of the molecule is CCCCC1=Cc2cc3c(cc2C1N1CCN(C)CC1)OCO3.Cl.Cl. The molecule has 1 aromatic carbocycles. The molecule has 0 aromatic heterocycles. The van der Waals surface area contributed by atoms with Gasteiger partial charge in [0.15, 0.2) is 11.5 Å². The molecule has 1 aliphatic carbocycles. The number of ether oxygens (including phenoxy) is 2. The first-order valence-electron chi connectivity index (χ1n) is 8.83. The molecule has 1 fully saturated rings. The Morgan fingerprint density at radius 2 is 1.72 bits per heavy atom. The highest BCUT2D eigenvalue weighted by molar-refractivity contribution is 5.85. The van der Waals surface area contributed by atoms with E-state index in [9.17, 15) is 0 Å². The van der Waals surface area contributed by atoms with Gasteiger partial charge in [0.2, 0.25) is 6.79 Å².